The van der Waals surface area contributed by atoms with Crippen molar-refractivity contribution in [1.29, 1.82) is 0 Å². The quantitative estimate of drug-likeness (QED) is 0.635. The number of hydrogen-bond acceptors (Lipinski definition) is 0. The van der Waals surface area contributed by atoms with Gasteiger partial charge in [-0.25, -0.2) is 0 Å². The zero-order valence-corrected chi connectivity index (χ0v) is 8.17. The van der Waals surface area contributed by atoms with Gasteiger partial charge in [0.25, 0.3) is 0 Å². The van der Waals surface area contributed by atoms with Crippen molar-refractivity contribution >= 4 is 5.57 Å². The third-order valence-electron chi connectivity index (χ3n) is 2.77. The number of benzene rings is 1. The molecule has 0 fully saturated rings. The van der Waals surface area contributed by atoms with E-state index in [0.717, 1.165) is 0 Å². The van der Waals surface area contributed by atoms with Crippen LogP contribution in [0.25, 0.3) is 5.57 Å². The first kappa shape index (κ1) is 8.31. The van der Waals surface area contributed by atoms with E-state index in [4.69, 9.17) is 0 Å². The van der Waals surface area contributed by atoms with Gasteiger partial charge in [0.15, 0.2) is 0 Å². The summed E-state index contributed by atoms with van der Waals surface area (Å²) in [6.45, 7) is 8.32. The fourth-order valence-corrected chi connectivity index (χ4v) is 1.98. The predicted molar refractivity (Wildman–Crippen MR) is 57.3 cm³/mol. The second-order valence-corrected chi connectivity index (χ2v) is 3.98. The standard InChI is InChI=1S/C13H14/c1-4-11-12(13(11,2)3)10-8-6-5-7-9-10/h4-9H,1H2,2-3H3. The molecule has 0 radical (unpaired) electrons. The Labute approximate surface area is 79.6 Å². The highest BCUT2D eigenvalue weighted by atomic mass is 14.5. The number of hydrogen-bond donors (Lipinski definition) is 0. The topological polar surface area (TPSA) is 0 Å². The summed E-state index contributed by atoms with van der Waals surface area (Å²) in [5.41, 5.74) is 4.42. The smallest absolute Gasteiger partial charge is 0.0158 e. The Kier molecular flexibility index (Phi) is 1.66. The molecule has 13 heavy (non-hydrogen) atoms. The zero-order valence-electron chi connectivity index (χ0n) is 8.17. The molecule has 0 unspecified atom stereocenters. The molecule has 0 saturated carbocycles. The van der Waals surface area contributed by atoms with Gasteiger partial charge in [0, 0.05) is 5.41 Å². The van der Waals surface area contributed by atoms with Crippen LogP contribution >= 0.6 is 0 Å². The van der Waals surface area contributed by atoms with Gasteiger partial charge in [0.05, 0.1) is 0 Å². The summed E-state index contributed by atoms with van der Waals surface area (Å²) in [6.07, 6.45) is 1.97. The van der Waals surface area contributed by atoms with Gasteiger partial charge in [-0.3, -0.25) is 0 Å². The minimum atomic E-state index is 0.253. The third-order valence-corrected chi connectivity index (χ3v) is 2.77. The number of rotatable bonds is 2. The zero-order chi connectivity index (χ0) is 9.47. The monoisotopic (exact) mass is 170 g/mol. The van der Waals surface area contributed by atoms with Crippen molar-refractivity contribution < 1.29 is 0 Å². The predicted octanol–water partition coefficient (Wildman–Crippen LogP) is 3.67. The molecule has 1 aliphatic rings. The summed E-state index contributed by atoms with van der Waals surface area (Å²) in [7, 11) is 0. The molecule has 1 aliphatic carbocycles. The maximum atomic E-state index is 3.84. The molecular formula is C13H14. The van der Waals surface area contributed by atoms with Crippen molar-refractivity contribution in [3.05, 3.63) is 54.1 Å². The van der Waals surface area contributed by atoms with Gasteiger partial charge in [0.2, 0.25) is 0 Å². The van der Waals surface area contributed by atoms with Crippen molar-refractivity contribution in [3.63, 3.8) is 0 Å². The van der Waals surface area contributed by atoms with E-state index in [0.29, 0.717) is 0 Å². The Morgan fingerprint density at radius 2 is 1.77 bits per heavy atom. The fourth-order valence-electron chi connectivity index (χ4n) is 1.98. The SMILES string of the molecule is C=CC1=C(c2ccccc2)C1(C)C. The van der Waals surface area contributed by atoms with Crippen LogP contribution in [0.15, 0.2) is 48.6 Å². The van der Waals surface area contributed by atoms with E-state index in [2.05, 4.69) is 44.7 Å². The maximum Gasteiger partial charge on any atom is 0.0158 e. The molecule has 0 heterocycles. The maximum absolute atomic E-state index is 3.84. The lowest BCUT2D eigenvalue weighted by molar-refractivity contribution is 0.724. The molecule has 0 bridgehead atoms. The Hall–Kier alpha value is -1.30. The van der Waals surface area contributed by atoms with Crippen LogP contribution in [0.5, 0.6) is 0 Å². The molecule has 2 rings (SSSR count). The van der Waals surface area contributed by atoms with Gasteiger partial charge in [-0.15, -0.1) is 0 Å². The van der Waals surface area contributed by atoms with Gasteiger partial charge < -0.3 is 0 Å². The van der Waals surface area contributed by atoms with Crippen LogP contribution in [-0.4, -0.2) is 0 Å². The van der Waals surface area contributed by atoms with Crippen LogP contribution in [-0.2, 0) is 0 Å². The molecule has 0 N–H and O–H groups in total. The van der Waals surface area contributed by atoms with Gasteiger partial charge in [-0.1, -0.05) is 56.8 Å². The highest BCUT2D eigenvalue weighted by molar-refractivity contribution is 5.91. The average Bonchev–Trinajstić information content (AvgIpc) is 2.69. The molecule has 0 amide bonds. The Bertz CT molecular complexity index is 366. The summed E-state index contributed by atoms with van der Waals surface area (Å²) >= 11 is 0. The molecular weight excluding hydrogens is 156 g/mol. The van der Waals surface area contributed by atoms with Crippen molar-refractivity contribution in [2.45, 2.75) is 13.8 Å². The van der Waals surface area contributed by atoms with Crippen molar-refractivity contribution in [2.75, 3.05) is 0 Å². The highest BCUT2D eigenvalue weighted by Gasteiger charge is 2.43. The van der Waals surface area contributed by atoms with Crippen molar-refractivity contribution in [3.8, 4) is 0 Å². The summed E-state index contributed by atoms with van der Waals surface area (Å²) in [5.74, 6) is 0. The first-order valence-corrected chi connectivity index (χ1v) is 4.61. The molecule has 1 aromatic carbocycles. The van der Waals surface area contributed by atoms with E-state index in [9.17, 15) is 0 Å². The highest BCUT2D eigenvalue weighted by Crippen LogP contribution is 2.58. The second kappa shape index (κ2) is 2.59. The Morgan fingerprint density at radius 1 is 1.15 bits per heavy atom. The van der Waals surface area contributed by atoms with E-state index >= 15 is 0 Å². The van der Waals surface area contributed by atoms with E-state index in [-0.39, 0.29) is 5.41 Å². The molecule has 0 spiro atoms. The lowest BCUT2D eigenvalue weighted by Crippen LogP contribution is -1.91. The van der Waals surface area contributed by atoms with E-state index < -0.39 is 0 Å². The lowest BCUT2D eigenvalue weighted by Gasteiger charge is -2.03. The van der Waals surface area contributed by atoms with Gasteiger partial charge in [0.1, 0.15) is 0 Å². The van der Waals surface area contributed by atoms with E-state index in [1.54, 1.807) is 0 Å². The van der Waals surface area contributed by atoms with Gasteiger partial charge in [-0.05, 0) is 16.7 Å². The summed E-state index contributed by atoms with van der Waals surface area (Å²) in [5, 5.41) is 0. The van der Waals surface area contributed by atoms with Crippen molar-refractivity contribution in [1.82, 2.24) is 0 Å². The molecule has 0 saturated heterocycles. The molecule has 0 aromatic heterocycles. The summed E-state index contributed by atoms with van der Waals surface area (Å²) < 4.78 is 0. The van der Waals surface area contributed by atoms with E-state index in [1.807, 2.05) is 12.1 Å². The van der Waals surface area contributed by atoms with Crippen LogP contribution in [0.2, 0.25) is 0 Å². The molecule has 0 nitrogen and oxygen atoms in total. The third kappa shape index (κ3) is 1.14. The lowest BCUT2D eigenvalue weighted by atomic mass is 10.00. The molecule has 0 atom stereocenters. The molecule has 1 aromatic rings. The van der Waals surface area contributed by atoms with Gasteiger partial charge in [-0.2, -0.15) is 0 Å². The van der Waals surface area contributed by atoms with Crippen molar-refractivity contribution in [2.24, 2.45) is 5.41 Å². The Balaban J connectivity index is 2.41. The summed E-state index contributed by atoms with van der Waals surface area (Å²) in [6, 6.07) is 10.5. The number of allylic oxidation sites excluding steroid dienone is 3. The molecule has 0 aliphatic heterocycles. The van der Waals surface area contributed by atoms with Crippen LogP contribution in [0, 0.1) is 5.41 Å². The molecule has 66 valence electrons. The minimum absolute atomic E-state index is 0.253. The minimum Gasteiger partial charge on any atom is -0.0987 e. The normalized spacial score (nSPS) is 18.6. The summed E-state index contributed by atoms with van der Waals surface area (Å²) in [4.78, 5) is 0. The largest absolute Gasteiger partial charge is 0.0987 e. The first-order chi connectivity index (χ1) is 6.18. The second-order valence-electron chi connectivity index (χ2n) is 3.98. The molecule has 0 heteroatoms. The average molecular weight is 170 g/mol. The Morgan fingerprint density at radius 3 is 2.23 bits per heavy atom. The van der Waals surface area contributed by atoms with Crippen LogP contribution in [0.1, 0.15) is 19.4 Å². The first-order valence-electron chi connectivity index (χ1n) is 4.61. The van der Waals surface area contributed by atoms with Crippen LogP contribution in [0.3, 0.4) is 0 Å². The van der Waals surface area contributed by atoms with Gasteiger partial charge >= 0.3 is 0 Å². The van der Waals surface area contributed by atoms with Crippen LogP contribution < -0.4 is 0 Å². The fraction of sp³-hybridized carbons (Fsp3) is 0.231. The van der Waals surface area contributed by atoms with Crippen LogP contribution in [0.4, 0.5) is 0 Å². The van der Waals surface area contributed by atoms with E-state index in [1.165, 1.54) is 16.7 Å².